The van der Waals surface area contributed by atoms with Crippen molar-refractivity contribution in [1.29, 1.82) is 0 Å². The topological polar surface area (TPSA) is 139 Å². The van der Waals surface area contributed by atoms with Gasteiger partial charge in [0.2, 0.25) is 0 Å². The number of carbonyl (C=O) groups excluding carboxylic acids is 1. The highest BCUT2D eigenvalue weighted by atomic mass is 16.5. The SMILES string of the molecule is COC(N)C(=O)[C@@]1(C(=O)O)CN[C@@H](C(=O)O)C1. The van der Waals surface area contributed by atoms with Gasteiger partial charge in [0.05, 0.1) is 0 Å². The van der Waals surface area contributed by atoms with E-state index in [1.54, 1.807) is 0 Å². The third-order valence-corrected chi connectivity index (χ3v) is 2.89. The van der Waals surface area contributed by atoms with Crippen LogP contribution < -0.4 is 11.1 Å². The fraction of sp³-hybridized carbons (Fsp3) is 0.667. The van der Waals surface area contributed by atoms with Crippen LogP contribution in [0.2, 0.25) is 0 Å². The summed E-state index contributed by atoms with van der Waals surface area (Å²) < 4.78 is 4.58. The molecule has 1 rings (SSSR count). The molecule has 96 valence electrons. The Morgan fingerprint density at radius 1 is 1.47 bits per heavy atom. The quantitative estimate of drug-likeness (QED) is 0.323. The number of carboxylic acids is 2. The highest BCUT2D eigenvalue weighted by molar-refractivity contribution is 6.06. The first kappa shape index (κ1) is 13.6. The summed E-state index contributed by atoms with van der Waals surface area (Å²) in [6.07, 6.45) is -1.71. The monoisotopic (exact) mass is 246 g/mol. The molecule has 1 fully saturated rings. The summed E-state index contributed by atoms with van der Waals surface area (Å²) in [6.45, 7) is -0.269. The molecule has 8 nitrogen and oxygen atoms in total. The first-order valence-corrected chi connectivity index (χ1v) is 4.87. The Kier molecular flexibility index (Phi) is 3.81. The second kappa shape index (κ2) is 4.78. The number of carboxylic acid groups (broad SMARTS) is 2. The predicted molar refractivity (Wildman–Crippen MR) is 54.1 cm³/mol. The second-order valence-electron chi connectivity index (χ2n) is 3.88. The molecule has 8 heteroatoms. The number of hydrogen-bond donors (Lipinski definition) is 4. The molecule has 1 heterocycles. The number of carbonyl (C=O) groups is 3. The van der Waals surface area contributed by atoms with Crippen LogP contribution in [0.3, 0.4) is 0 Å². The van der Waals surface area contributed by atoms with Gasteiger partial charge in [0.25, 0.3) is 0 Å². The van der Waals surface area contributed by atoms with Gasteiger partial charge in [-0.3, -0.25) is 20.1 Å². The molecule has 0 amide bonds. The molecule has 1 aliphatic heterocycles. The van der Waals surface area contributed by atoms with Crippen molar-refractivity contribution >= 4 is 17.7 Å². The highest BCUT2D eigenvalue weighted by Gasteiger charge is 2.54. The smallest absolute Gasteiger partial charge is 0.320 e. The number of Topliss-reactive ketones (excluding diaryl/α,β-unsaturated/α-hetero) is 1. The van der Waals surface area contributed by atoms with E-state index < -0.39 is 35.4 Å². The summed E-state index contributed by atoms with van der Waals surface area (Å²) in [5.41, 5.74) is 3.50. The lowest BCUT2D eigenvalue weighted by Gasteiger charge is -2.24. The largest absolute Gasteiger partial charge is 0.480 e. The Morgan fingerprint density at radius 2 is 2.06 bits per heavy atom. The molecule has 0 aromatic rings. The van der Waals surface area contributed by atoms with E-state index in [1.807, 2.05) is 0 Å². The maximum absolute atomic E-state index is 11.8. The molecule has 0 spiro atoms. The highest BCUT2D eigenvalue weighted by Crippen LogP contribution is 2.31. The molecule has 0 bridgehead atoms. The van der Waals surface area contributed by atoms with Crippen molar-refractivity contribution < 1.29 is 29.3 Å². The van der Waals surface area contributed by atoms with Crippen molar-refractivity contribution in [2.45, 2.75) is 18.7 Å². The number of nitrogens with one attached hydrogen (secondary N) is 1. The van der Waals surface area contributed by atoms with Gasteiger partial charge in [0.15, 0.2) is 12.0 Å². The first-order chi connectivity index (χ1) is 7.85. The van der Waals surface area contributed by atoms with Crippen LogP contribution in [0.5, 0.6) is 0 Å². The van der Waals surface area contributed by atoms with Gasteiger partial charge in [0.1, 0.15) is 11.5 Å². The molecule has 0 aromatic heterocycles. The Labute approximate surface area is 96.7 Å². The standard InChI is InChI=1S/C9H14N2O6/c1-17-6(10)5(12)9(8(15)16)2-4(7(13)14)11-3-9/h4,6,11H,2-3,10H2,1H3,(H,13,14)(H,15,16)/t4-,6?,9+/m1/s1. The summed E-state index contributed by atoms with van der Waals surface area (Å²) in [5, 5.41) is 20.4. The van der Waals surface area contributed by atoms with E-state index in [-0.39, 0.29) is 13.0 Å². The number of ether oxygens (including phenoxy) is 1. The Hall–Kier alpha value is -1.51. The summed E-state index contributed by atoms with van der Waals surface area (Å²) in [6, 6.07) is -1.07. The molecule has 1 aliphatic rings. The summed E-state index contributed by atoms with van der Waals surface area (Å²) in [4.78, 5) is 33.8. The summed E-state index contributed by atoms with van der Waals surface area (Å²) in [5.74, 6) is -3.43. The van der Waals surface area contributed by atoms with Crippen LogP contribution in [0.15, 0.2) is 0 Å². The summed E-state index contributed by atoms with van der Waals surface area (Å²) >= 11 is 0. The number of hydrogen-bond acceptors (Lipinski definition) is 6. The van der Waals surface area contributed by atoms with Crippen LogP contribution in [-0.4, -0.2) is 53.9 Å². The van der Waals surface area contributed by atoms with Crippen LogP contribution in [-0.2, 0) is 19.1 Å². The summed E-state index contributed by atoms with van der Waals surface area (Å²) in [7, 11) is 1.18. The predicted octanol–water partition coefficient (Wildman–Crippen LogP) is -2.00. The second-order valence-corrected chi connectivity index (χ2v) is 3.88. The molecule has 0 aromatic carbocycles. The first-order valence-electron chi connectivity index (χ1n) is 4.87. The number of ketones is 1. The normalized spacial score (nSPS) is 29.9. The lowest BCUT2D eigenvalue weighted by Crippen LogP contribution is -2.50. The molecule has 0 aliphatic carbocycles. The Balaban J connectivity index is 2.98. The molecule has 1 saturated heterocycles. The Bertz CT molecular complexity index is 357. The minimum absolute atomic E-state index is 0.269. The minimum Gasteiger partial charge on any atom is -0.480 e. The maximum Gasteiger partial charge on any atom is 0.320 e. The van der Waals surface area contributed by atoms with E-state index >= 15 is 0 Å². The van der Waals surface area contributed by atoms with Gasteiger partial charge < -0.3 is 20.3 Å². The van der Waals surface area contributed by atoms with E-state index in [2.05, 4.69) is 10.1 Å². The molecular formula is C9H14N2O6. The molecule has 17 heavy (non-hydrogen) atoms. The number of methoxy groups -OCH3 is 1. The van der Waals surface area contributed by atoms with Crippen molar-refractivity contribution in [1.82, 2.24) is 5.32 Å². The van der Waals surface area contributed by atoms with Crippen LogP contribution in [0.1, 0.15) is 6.42 Å². The molecule has 5 N–H and O–H groups in total. The fourth-order valence-electron chi connectivity index (χ4n) is 1.80. The fourth-order valence-corrected chi connectivity index (χ4v) is 1.80. The van der Waals surface area contributed by atoms with Gasteiger partial charge in [-0.1, -0.05) is 0 Å². The van der Waals surface area contributed by atoms with Crippen molar-refractivity contribution in [3.8, 4) is 0 Å². The van der Waals surface area contributed by atoms with Crippen molar-refractivity contribution in [3.63, 3.8) is 0 Å². The lowest BCUT2D eigenvalue weighted by atomic mass is 9.80. The zero-order valence-corrected chi connectivity index (χ0v) is 9.17. The van der Waals surface area contributed by atoms with Gasteiger partial charge in [-0.05, 0) is 6.42 Å². The number of rotatable bonds is 5. The van der Waals surface area contributed by atoms with Crippen LogP contribution in [0, 0.1) is 5.41 Å². The number of nitrogens with two attached hydrogens (primary N) is 1. The van der Waals surface area contributed by atoms with E-state index in [0.717, 1.165) is 0 Å². The van der Waals surface area contributed by atoms with Gasteiger partial charge in [-0.2, -0.15) is 0 Å². The zero-order valence-electron chi connectivity index (χ0n) is 9.17. The van der Waals surface area contributed by atoms with Crippen LogP contribution >= 0.6 is 0 Å². The maximum atomic E-state index is 11.8. The molecule has 1 unspecified atom stereocenters. The van der Waals surface area contributed by atoms with E-state index in [4.69, 9.17) is 15.9 Å². The van der Waals surface area contributed by atoms with Crippen LogP contribution in [0.25, 0.3) is 0 Å². The average molecular weight is 246 g/mol. The van der Waals surface area contributed by atoms with Crippen LogP contribution in [0.4, 0.5) is 0 Å². The zero-order chi connectivity index (χ0) is 13.2. The molecule has 0 saturated carbocycles. The van der Waals surface area contributed by atoms with Gasteiger partial charge in [-0.25, -0.2) is 0 Å². The minimum atomic E-state index is -1.83. The van der Waals surface area contributed by atoms with Gasteiger partial charge in [0, 0.05) is 13.7 Å². The van der Waals surface area contributed by atoms with Gasteiger partial charge >= 0.3 is 11.9 Å². The van der Waals surface area contributed by atoms with E-state index in [0.29, 0.717) is 0 Å². The number of aliphatic carboxylic acids is 2. The van der Waals surface area contributed by atoms with E-state index in [9.17, 15) is 14.4 Å². The molecular weight excluding hydrogens is 232 g/mol. The third-order valence-electron chi connectivity index (χ3n) is 2.89. The van der Waals surface area contributed by atoms with Crippen molar-refractivity contribution in [3.05, 3.63) is 0 Å². The molecule has 0 radical (unpaired) electrons. The van der Waals surface area contributed by atoms with Crippen molar-refractivity contribution in [2.24, 2.45) is 11.1 Å². The third kappa shape index (κ3) is 2.28. The van der Waals surface area contributed by atoms with Gasteiger partial charge in [-0.15, -0.1) is 0 Å². The Morgan fingerprint density at radius 3 is 2.41 bits per heavy atom. The van der Waals surface area contributed by atoms with E-state index in [1.165, 1.54) is 7.11 Å². The lowest BCUT2D eigenvalue weighted by molar-refractivity contribution is -0.157. The van der Waals surface area contributed by atoms with Crippen molar-refractivity contribution in [2.75, 3.05) is 13.7 Å². The average Bonchev–Trinajstić information content (AvgIpc) is 2.73. The molecule has 3 atom stereocenters.